The number of sulfonamides is 1. The van der Waals surface area contributed by atoms with Crippen LogP contribution in [0.15, 0.2) is 23.1 Å². The van der Waals surface area contributed by atoms with Crippen molar-refractivity contribution < 1.29 is 18.3 Å². The molecule has 1 amide bonds. The highest BCUT2D eigenvalue weighted by Gasteiger charge is 2.16. The molecule has 1 aromatic rings. The summed E-state index contributed by atoms with van der Waals surface area (Å²) in [6, 6.07) is 3.81. The summed E-state index contributed by atoms with van der Waals surface area (Å²) in [6.07, 6.45) is 0.418. The molecule has 0 atom stereocenters. The molecule has 0 unspecified atom stereocenters. The fraction of sp³-hybridized carbons (Fsp3) is 0.300. The van der Waals surface area contributed by atoms with Gasteiger partial charge in [0.1, 0.15) is 4.90 Å². The number of amides is 1. The highest BCUT2D eigenvalue weighted by atomic mass is 35.5. The summed E-state index contributed by atoms with van der Waals surface area (Å²) >= 11 is 5.69. The third-order valence-corrected chi connectivity index (χ3v) is 3.51. The number of hydrogen-bond acceptors (Lipinski definition) is 4. The van der Waals surface area contributed by atoms with Gasteiger partial charge in [0.2, 0.25) is 10.0 Å². The summed E-state index contributed by atoms with van der Waals surface area (Å²) in [5.41, 5.74) is 0.140. The number of hydrogen-bond donors (Lipinski definition) is 3. The summed E-state index contributed by atoms with van der Waals surface area (Å²) in [6.45, 7) is 0.256. The molecule has 0 bridgehead atoms. The standard InChI is InChI=1S/C10H13ClN2O4S/c11-8-3-2-7(6-9(8)18(12,16)17)10(15)13-4-1-5-14/h2-3,6,14H,1,4-5H2,(H,13,15)(H2,12,16,17). The normalized spacial score (nSPS) is 11.3. The maximum atomic E-state index is 11.6. The number of nitrogens with one attached hydrogen (secondary N) is 1. The molecule has 0 heterocycles. The molecule has 8 heteroatoms. The lowest BCUT2D eigenvalue weighted by Crippen LogP contribution is -2.25. The molecule has 0 radical (unpaired) electrons. The van der Waals surface area contributed by atoms with Crippen LogP contribution in [0.3, 0.4) is 0 Å². The summed E-state index contributed by atoms with van der Waals surface area (Å²) in [5.74, 6) is -0.454. The Morgan fingerprint density at radius 1 is 1.44 bits per heavy atom. The van der Waals surface area contributed by atoms with Crippen molar-refractivity contribution in [3.63, 3.8) is 0 Å². The number of carbonyl (C=O) groups is 1. The Hall–Kier alpha value is -1.15. The van der Waals surface area contributed by atoms with Crippen molar-refractivity contribution in [1.29, 1.82) is 0 Å². The third-order valence-electron chi connectivity index (χ3n) is 2.12. The average molecular weight is 293 g/mol. The highest BCUT2D eigenvalue weighted by molar-refractivity contribution is 7.89. The van der Waals surface area contributed by atoms with Crippen LogP contribution in [-0.2, 0) is 10.0 Å². The lowest BCUT2D eigenvalue weighted by atomic mass is 10.2. The summed E-state index contributed by atoms with van der Waals surface area (Å²) in [4.78, 5) is 11.3. The zero-order chi connectivity index (χ0) is 13.8. The van der Waals surface area contributed by atoms with E-state index in [1.807, 2.05) is 0 Å². The van der Waals surface area contributed by atoms with Crippen LogP contribution in [0.2, 0.25) is 5.02 Å². The van der Waals surface area contributed by atoms with Crippen LogP contribution in [0.1, 0.15) is 16.8 Å². The van der Waals surface area contributed by atoms with E-state index in [4.69, 9.17) is 21.8 Å². The molecule has 0 aliphatic carbocycles. The van der Waals surface area contributed by atoms with E-state index in [0.29, 0.717) is 13.0 Å². The van der Waals surface area contributed by atoms with E-state index in [0.717, 1.165) is 6.07 Å². The Kier molecular flexibility index (Phi) is 5.09. The minimum Gasteiger partial charge on any atom is -0.396 e. The molecule has 0 aliphatic rings. The van der Waals surface area contributed by atoms with Gasteiger partial charge in [-0.15, -0.1) is 0 Å². The van der Waals surface area contributed by atoms with Crippen LogP contribution in [0, 0.1) is 0 Å². The number of nitrogens with two attached hydrogens (primary N) is 1. The number of carbonyl (C=O) groups excluding carboxylic acids is 1. The Morgan fingerprint density at radius 3 is 2.67 bits per heavy atom. The van der Waals surface area contributed by atoms with Crippen molar-refractivity contribution in [2.75, 3.05) is 13.2 Å². The predicted molar refractivity (Wildman–Crippen MR) is 66.9 cm³/mol. The number of rotatable bonds is 5. The third kappa shape index (κ3) is 3.95. The molecule has 0 aromatic heterocycles. The second-order valence-corrected chi connectivity index (χ2v) is 5.46. The van der Waals surface area contributed by atoms with E-state index < -0.39 is 15.9 Å². The molecule has 0 saturated carbocycles. The first-order chi connectivity index (χ1) is 8.36. The zero-order valence-electron chi connectivity index (χ0n) is 9.39. The van der Waals surface area contributed by atoms with Crippen LogP contribution in [-0.4, -0.2) is 32.6 Å². The van der Waals surface area contributed by atoms with Crippen molar-refractivity contribution in [3.05, 3.63) is 28.8 Å². The minimum atomic E-state index is -3.97. The SMILES string of the molecule is NS(=O)(=O)c1cc(C(=O)NCCCO)ccc1Cl. The largest absolute Gasteiger partial charge is 0.396 e. The zero-order valence-corrected chi connectivity index (χ0v) is 11.0. The van der Waals surface area contributed by atoms with Gasteiger partial charge in [-0.05, 0) is 24.6 Å². The van der Waals surface area contributed by atoms with Crippen molar-refractivity contribution in [1.82, 2.24) is 5.32 Å². The molecule has 0 spiro atoms. The summed E-state index contributed by atoms with van der Waals surface area (Å²) in [5, 5.41) is 16.0. The highest BCUT2D eigenvalue weighted by Crippen LogP contribution is 2.21. The van der Waals surface area contributed by atoms with Gasteiger partial charge in [0.25, 0.3) is 5.91 Å². The first-order valence-corrected chi connectivity index (χ1v) is 7.00. The maximum absolute atomic E-state index is 11.6. The van der Waals surface area contributed by atoms with Crippen molar-refractivity contribution in [2.45, 2.75) is 11.3 Å². The van der Waals surface area contributed by atoms with Crippen LogP contribution in [0.25, 0.3) is 0 Å². The Bertz CT molecular complexity index is 545. The van der Waals surface area contributed by atoms with Crippen molar-refractivity contribution in [3.8, 4) is 0 Å². The molecular formula is C10H13ClN2O4S. The number of aliphatic hydroxyl groups excluding tert-OH is 1. The van der Waals surface area contributed by atoms with E-state index in [2.05, 4.69) is 5.32 Å². The number of primary sulfonamides is 1. The van der Waals surface area contributed by atoms with Crippen LogP contribution < -0.4 is 10.5 Å². The fourth-order valence-electron chi connectivity index (χ4n) is 1.25. The molecule has 4 N–H and O–H groups in total. The Balaban J connectivity index is 2.95. The van der Waals surface area contributed by atoms with E-state index >= 15 is 0 Å². The van der Waals surface area contributed by atoms with Gasteiger partial charge in [0.05, 0.1) is 5.02 Å². The van der Waals surface area contributed by atoms with Gasteiger partial charge in [0, 0.05) is 18.7 Å². The monoisotopic (exact) mass is 292 g/mol. The van der Waals surface area contributed by atoms with Crippen LogP contribution in [0.5, 0.6) is 0 Å². The molecule has 0 saturated heterocycles. The summed E-state index contributed by atoms with van der Waals surface area (Å²) in [7, 11) is -3.97. The molecule has 1 rings (SSSR count). The predicted octanol–water partition coefficient (Wildman–Crippen LogP) is 0.0996. The Labute approximate surface area is 110 Å². The van der Waals surface area contributed by atoms with Gasteiger partial charge in [0.15, 0.2) is 0 Å². The lowest BCUT2D eigenvalue weighted by Gasteiger charge is -2.07. The number of aliphatic hydroxyl groups is 1. The van der Waals surface area contributed by atoms with Gasteiger partial charge >= 0.3 is 0 Å². The van der Waals surface area contributed by atoms with E-state index in [-0.39, 0.29) is 22.1 Å². The minimum absolute atomic E-state index is 0.0376. The molecule has 18 heavy (non-hydrogen) atoms. The quantitative estimate of drug-likeness (QED) is 0.669. The van der Waals surface area contributed by atoms with Crippen LogP contribution >= 0.6 is 11.6 Å². The maximum Gasteiger partial charge on any atom is 0.251 e. The molecule has 6 nitrogen and oxygen atoms in total. The number of halogens is 1. The van der Waals surface area contributed by atoms with Gasteiger partial charge in [-0.2, -0.15) is 0 Å². The van der Waals surface area contributed by atoms with E-state index in [9.17, 15) is 13.2 Å². The Morgan fingerprint density at radius 2 is 2.11 bits per heavy atom. The van der Waals surface area contributed by atoms with Gasteiger partial charge in [-0.1, -0.05) is 11.6 Å². The van der Waals surface area contributed by atoms with E-state index in [1.165, 1.54) is 12.1 Å². The molecular weight excluding hydrogens is 280 g/mol. The molecule has 0 fully saturated rings. The molecule has 100 valence electrons. The van der Waals surface area contributed by atoms with Crippen molar-refractivity contribution >= 4 is 27.5 Å². The second kappa shape index (κ2) is 6.14. The number of benzene rings is 1. The smallest absolute Gasteiger partial charge is 0.251 e. The van der Waals surface area contributed by atoms with Gasteiger partial charge < -0.3 is 10.4 Å². The molecule has 1 aromatic carbocycles. The van der Waals surface area contributed by atoms with E-state index in [1.54, 1.807) is 0 Å². The van der Waals surface area contributed by atoms with Crippen LogP contribution in [0.4, 0.5) is 0 Å². The van der Waals surface area contributed by atoms with Gasteiger partial charge in [-0.3, -0.25) is 4.79 Å². The average Bonchev–Trinajstić information content (AvgIpc) is 2.28. The topological polar surface area (TPSA) is 109 Å². The lowest BCUT2D eigenvalue weighted by molar-refractivity contribution is 0.0951. The molecule has 0 aliphatic heterocycles. The fourth-order valence-corrected chi connectivity index (χ4v) is 2.32. The summed E-state index contributed by atoms with van der Waals surface area (Å²) < 4.78 is 22.4. The first kappa shape index (κ1) is 14.9. The second-order valence-electron chi connectivity index (χ2n) is 3.52. The van der Waals surface area contributed by atoms with Gasteiger partial charge in [-0.25, -0.2) is 13.6 Å². The van der Waals surface area contributed by atoms with Crippen molar-refractivity contribution in [2.24, 2.45) is 5.14 Å². The first-order valence-electron chi connectivity index (χ1n) is 5.07.